The fourth-order valence-electron chi connectivity index (χ4n) is 4.81. The Morgan fingerprint density at radius 2 is 1.74 bits per heavy atom. The van der Waals surface area contributed by atoms with Crippen LogP contribution in [0.5, 0.6) is 11.5 Å². The quantitative estimate of drug-likeness (QED) is 0.212. The van der Waals surface area contributed by atoms with Crippen LogP contribution in [0, 0.1) is 12.8 Å². The molecule has 2 heterocycles. The fourth-order valence-corrected chi connectivity index (χ4v) is 4.81. The van der Waals surface area contributed by atoms with Crippen molar-refractivity contribution in [1.82, 2.24) is 4.98 Å². The Labute approximate surface area is 227 Å². The fraction of sp³-hybridized carbons (Fsp3) is 0.258. The summed E-state index contributed by atoms with van der Waals surface area (Å²) in [6, 6.07) is 23.7. The van der Waals surface area contributed by atoms with Gasteiger partial charge in [0.05, 0.1) is 32.4 Å². The van der Waals surface area contributed by atoms with E-state index in [4.69, 9.17) is 18.6 Å². The van der Waals surface area contributed by atoms with Crippen LogP contribution in [0.1, 0.15) is 17.0 Å². The molecule has 5 rings (SSSR count). The van der Waals surface area contributed by atoms with E-state index >= 15 is 0 Å². The lowest BCUT2D eigenvalue weighted by atomic mass is 9.81. The van der Waals surface area contributed by atoms with E-state index < -0.39 is 17.9 Å². The second kappa shape index (κ2) is 11.4. The summed E-state index contributed by atoms with van der Waals surface area (Å²) in [5.41, 5.74) is 3.31. The summed E-state index contributed by atoms with van der Waals surface area (Å²) in [5, 5.41) is 0. The number of methoxy groups -OCH3 is 2. The van der Waals surface area contributed by atoms with Gasteiger partial charge in [-0.15, -0.1) is 0 Å². The Bertz CT molecular complexity index is 1450. The van der Waals surface area contributed by atoms with Gasteiger partial charge >= 0.3 is 5.97 Å². The van der Waals surface area contributed by atoms with Crippen LogP contribution in [-0.2, 0) is 27.2 Å². The summed E-state index contributed by atoms with van der Waals surface area (Å²) in [5.74, 6) is 1.63. The Hall–Kier alpha value is -4.59. The first-order valence-corrected chi connectivity index (χ1v) is 12.8. The summed E-state index contributed by atoms with van der Waals surface area (Å²) >= 11 is 0. The number of anilines is 1. The molecule has 1 aliphatic rings. The van der Waals surface area contributed by atoms with Crippen molar-refractivity contribution in [3.63, 3.8) is 0 Å². The van der Waals surface area contributed by atoms with Crippen molar-refractivity contribution in [2.45, 2.75) is 25.8 Å². The first-order valence-electron chi connectivity index (χ1n) is 12.8. The number of benzene rings is 3. The number of esters is 1. The van der Waals surface area contributed by atoms with E-state index in [0.717, 1.165) is 22.6 Å². The summed E-state index contributed by atoms with van der Waals surface area (Å²) in [6.45, 7) is 2.32. The number of ether oxygens (including phenoxy) is 3. The van der Waals surface area contributed by atoms with Gasteiger partial charge in [-0.1, -0.05) is 30.3 Å². The number of hydrogen-bond acceptors (Lipinski definition) is 7. The minimum atomic E-state index is -0.700. The highest BCUT2D eigenvalue weighted by Crippen LogP contribution is 2.36. The van der Waals surface area contributed by atoms with Gasteiger partial charge in [0.25, 0.3) is 0 Å². The van der Waals surface area contributed by atoms with Gasteiger partial charge < -0.3 is 18.6 Å². The Morgan fingerprint density at radius 3 is 2.46 bits per heavy atom. The molecule has 200 valence electrons. The van der Waals surface area contributed by atoms with E-state index in [9.17, 15) is 9.59 Å². The molecule has 0 radical (unpaired) electrons. The maximum absolute atomic E-state index is 13.1. The second-order valence-electron chi connectivity index (χ2n) is 9.32. The Kier molecular flexibility index (Phi) is 7.63. The van der Waals surface area contributed by atoms with E-state index in [-0.39, 0.29) is 5.91 Å². The van der Waals surface area contributed by atoms with Gasteiger partial charge in [0, 0.05) is 17.7 Å². The highest BCUT2D eigenvalue weighted by atomic mass is 16.5. The van der Waals surface area contributed by atoms with Gasteiger partial charge in [-0.05, 0) is 67.4 Å². The Balaban J connectivity index is 1.22. The smallest absolute Gasteiger partial charge is 0.329 e. The third kappa shape index (κ3) is 5.50. The monoisotopic (exact) mass is 526 g/mol. The number of hydrogen-bond donors (Lipinski definition) is 0. The van der Waals surface area contributed by atoms with Crippen LogP contribution in [-0.4, -0.2) is 43.7 Å². The standard InChI is InChI=1S/C31H30N2O6/c1-20-27(32-29(39-20)22-9-5-4-6-10-22)16-17-38-25-11-7-8-21(18-25)19-26-28(31(35)37-3)33(30(26)34)23-12-14-24(36-2)15-13-23/h4-15,18,26,28H,16-17,19H2,1-3H3/t26?,28-/m1/s1. The molecule has 1 aromatic heterocycles. The van der Waals surface area contributed by atoms with Gasteiger partial charge in [0.1, 0.15) is 23.3 Å². The summed E-state index contributed by atoms with van der Waals surface area (Å²) in [6.07, 6.45) is 0.986. The van der Waals surface area contributed by atoms with E-state index in [1.165, 1.54) is 12.0 Å². The molecule has 39 heavy (non-hydrogen) atoms. The number of oxazole rings is 1. The normalized spacial score (nSPS) is 16.5. The molecule has 8 heteroatoms. The molecule has 1 aliphatic heterocycles. The zero-order valence-electron chi connectivity index (χ0n) is 22.1. The van der Waals surface area contributed by atoms with Gasteiger partial charge in [0.2, 0.25) is 11.8 Å². The van der Waals surface area contributed by atoms with E-state index in [1.807, 2.05) is 61.5 Å². The number of carbonyl (C=O) groups excluding carboxylic acids is 2. The van der Waals surface area contributed by atoms with Crippen LogP contribution >= 0.6 is 0 Å². The van der Waals surface area contributed by atoms with Crippen molar-refractivity contribution >= 4 is 17.6 Å². The molecule has 0 N–H and O–H groups in total. The molecule has 2 atom stereocenters. The predicted octanol–water partition coefficient (Wildman–Crippen LogP) is 5.03. The minimum absolute atomic E-state index is 0.127. The molecule has 0 aliphatic carbocycles. The summed E-state index contributed by atoms with van der Waals surface area (Å²) in [4.78, 5) is 31.9. The van der Waals surface area contributed by atoms with Crippen molar-refractivity contribution in [3.8, 4) is 23.0 Å². The average molecular weight is 527 g/mol. The van der Waals surface area contributed by atoms with Crippen molar-refractivity contribution in [2.75, 3.05) is 25.7 Å². The van der Waals surface area contributed by atoms with Crippen LogP contribution in [0.3, 0.4) is 0 Å². The number of aromatic nitrogens is 1. The van der Waals surface area contributed by atoms with Crippen LogP contribution in [0.15, 0.2) is 83.3 Å². The first kappa shape index (κ1) is 26.0. The Morgan fingerprint density at radius 1 is 0.974 bits per heavy atom. The molecule has 8 nitrogen and oxygen atoms in total. The van der Waals surface area contributed by atoms with Crippen LogP contribution in [0.2, 0.25) is 0 Å². The first-order chi connectivity index (χ1) is 19.0. The molecule has 1 saturated heterocycles. The summed E-state index contributed by atoms with van der Waals surface area (Å²) < 4.78 is 22.1. The van der Waals surface area contributed by atoms with Crippen molar-refractivity contribution < 1.29 is 28.2 Å². The lowest BCUT2D eigenvalue weighted by Gasteiger charge is -2.45. The molecular formula is C31H30N2O6. The van der Waals surface area contributed by atoms with Crippen LogP contribution in [0.4, 0.5) is 5.69 Å². The average Bonchev–Trinajstić information content (AvgIpc) is 3.35. The maximum atomic E-state index is 13.1. The van der Waals surface area contributed by atoms with E-state index in [0.29, 0.717) is 42.5 Å². The number of aryl methyl sites for hydroxylation is 1. The molecule has 4 aromatic rings. The third-order valence-electron chi connectivity index (χ3n) is 6.88. The van der Waals surface area contributed by atoms with Gasteiger partial charge in [-0.3, -0.25) is 9.69 Å². The molecule has 0 saturated carbocycles. The van der Waals surface area contributed by atoms with Gasteiger partial charge in [-0.2, -0.15) is 0 Å². The van der Waals surface area contributed by atoms with Crippen LogP contribution < -0.4 is 14.4 Å². The van der Waals surface area contributed by atoms with Crippen molar-refractivity contribution in [1.29, 1.82) is 0 Å². The SMILES string of the molecule is COC(=O)[C@H]1C(Cc2cccc(OCCc3nc(-c4ccccc4)oc3C)c2)C(=O)N1c1ccc(OC)cc1. The van der Waals surface area contributed by atoms with Gasteiger partial charge in [-0.25, -0.2) is 9.78 Å². The van der Waals surface area contributed by atoms with Gasteiger partial charge in [0.15, 0.2) is 0 Å². The zero-order chi connectivity index (χ0) is 27.4. The predicted molar refractivity (Wildman–Crippen MR) is 146 cm³/mol. The van der Waals surface area contributed by atoms with Crippen LogP contribution in [0.25, 0.3) is 11.5 Å². The van der Waals surface area contributed by atoms with Crippen molar-refractivity contribution in [3.05, 3.63) is 95.9 Å². The second-order valence-corrected chi connectivity index (χ2v) is 9.32. The van der Waals surface area contributed by atoms with E-state index in [2.05, 4.69) is 4.98 Å². The maximum Gasteiger partial charge on any atom is 0.329 e. The molecule has 3 aromatic carbocycles. The lowest BCUT2D eigenvalue weighted by Crippen LogP contribution is -2.65. The highest BCUT2D eigenvalue weighted by Gasteiger charge is 2.52. The zero-order valence-corrected chi connectivity index (χ0v) is 22.1. The molecule has 1 amide bonds. The molecule has 0 spiro atoms. The minimum Gasteiger partial charge on any atom is -0.497 e. The lowest BCUT2D eigenvalue weighted by molar-refractivity contribution is -0.152. The molecule has 0 bridgehead atoms. The number of carbonyl (C=O) groups is 2. The molecule has 1 unspecified atom stereocenters. The third-order valence-corrected chi connectivity index (χ3v) is 6.88. The number of β-lactam (4-membered cyclic amide) rings is 1. The molecular weight excluding hydrogens is 496 g/mol. The topological polar surface area (TPSA) is 91.1 Å². The number of rotatable bonds is 10. The number of nitrogens with zero attached hydrogens (tertiary/aromatic N) is 2. The largest absolute Gasteiger partial charge is 0.497 e. The summed E-state index contributed by atoms with van der Waals surface area (Å²) in [7, 11) is 2.91. The van der Waals surface area contributed by atoms with Crippen molar-refractivity contribution in [2.24, 2.45) is 5.92 Å². The highest BCUT2D eigenvalue weighted by molar-refractivity contribution is 6.10. The molecule has 1 fully saturated rings. The van der Waals surface area contributed by atoms with E-state index in [1.54, 1.807) is 31.4 Å². The number of amides is 1.